The van der Waals surface area contributed by atoms with Gasteiger partial charge in [0.1, 0.15) is 6.67 Å². The molecule has 0 spiro atoms. The zero-order chi connectivity index (χ0) is 9.57. The van der Waals surface area contributed by atoms with Crippen LogP contribution in [-0.2, 0) is 0 Å². The minimum Gasteiger partial charge on any atom is -0.389 e. The van der Waals surface area contributed by atoms with Crippen LogP contribution in [0.25, 0.3) is 0 Å². The first-order valence-electron chi connectivity index (χ1n) is 5.26. The molecule has 1 saturated carbocycles. The number of rotatable bonds is 4. The van der Waals surface area contributed by atoms with Crippen LogP contribution in [0.3, 0.4) is 0 Å². The van der Waals surface area contributed by atoms with Crippen molar-refractivity contribution in [3.8, 4) is 0 Å². The van der Waals surface area contributed by atoms with E-state index in [4.69, 9.17) is 0 Å². The van der Waals surface area contributed by atoms with Crippen molar-refractivity contribution in [3.05, 3.63) is 0 Å². The molecule has 0 aliphatic heterocycles. The molecule has 78 valence electrons. The van der Waals surface area contributed by atoms with Gasteiger partial charge < -0.3 is 10.4 Å². The summed E-state index contributed by atoms with van der Waals surface area (Å²) in [5.41, 5.74) is -0.564. The molecule has 0 heterocycles. The molecule has 0 unspecified atom stereocenters. The number of alkyl halides is 1. The fraction of sp³-hybridized carbons (Fsp3) is 1.00. The van der Waals surface area contributed by atoms with Gasteiger partial charge in [-0.3, -0.25) is 0 Å². The Morgan fingerprint density at radius 1 is 1.15 bits per heavy atom. The van der Waals surface area contributed by atoms with E-state index in [-0.39, 0.29) is 6.67 Å². The number of aliphatic hydroxyl groups is 1. The smallest absolute Gasteiger partial charge is 0.102 e. The van der Waals surface area contributed by atoms with E-state index in [9.17, 15) is 9.50 Å². The van der Waals surface area contributed by atoms with Crippen LogP contribution in [0.2, 0.25) is 0 Å². The van der Waals surface area contributed by atoms with E-state index in [1.54, 1.807) is 0 Å². The summed E-state index contributed by atoms with van der Waals surface area (Å²) in [6, 6.07) is 0. The predicted octanol–water partition coefficient (Wildman–Crippen LogP) is 1.63. The van der Waals surface area contributed by atoms with Gasteiger partial charge in [-0.1, -0.05) is 25.7 Å². The van der Waals surface area contributed by atoms with Crippen LogP contribution in [0, 0.1) is 0 Å². The Morgan fingerprint density at radius 3 is 2.31 bits per heavy atom. The maximum Gasteiger partial charge on any atom is 0.102 e. The molecule has 2 N–H and O–H groups in total. The molecule has 1 rings (SSSR count). The lowest BCUT2D eigenvalue weighted by Gasteiger charge is -2.26. The van der Waals surface area contributed by atoms with E-state index in [2.05, 4.69) is 5.32 Å². The highest BCUT2D eigenvalue weighted by Gasteiger charge is 2.26. The lowest BCUT2D eigenvalue weighted by atomic mass is 9.94. The van der Waals surface area contributed by atoms with Crippen molar-refractivity contribution >= 4 is 0 Å². The number of hydrogen-bond acceptors (Lipinski definition) is 2. The van der Waals surface area contributed by atoms with Gasteiger partial charge >= 0.3 is 0 Å². The van der Waals surface area contributed by atoms with Crippen molar-refractivity contribution in [2.24, 2.45) is 0 Å². The first kappa shape index (κ1) is 10.9. The Morgan fingerprint density at radius 2 is 1.77 bits per heavy atom. The second-order valence-electron chi connectivity index (χ2n) is 4.00. The van der Waals surface area contributed by atoms with Gasteiger partial charge in [-0.2, -0.15) is 0 Å². The molecule has 0 aromatic rings. The molecule has 13 heavy (non-hydrogen) atoms. The predicted molar refractivity (Wildman–Crippen MR) is 51.5 cm³/mol. The van der Waals surface area contributed by atoms with Crippen LogP contribution in [-0.4, -0.2) is 30.5 Å². The van der Waals surface area contributed by atoms with Gasteiger partial charge in [0.25, 0.3) is 0 Å². The molecule has 0 atom stereocenters. The van der Waals surface area contributed by atoms with Crippen molar-refractivity contribution in [1.29, 1.82) is 0 Å². The van der Waals surface area contributed by atoms with E-state index >= 15 is 0 Å². The van der Waals surface area contributed by atoms with Crippen molar-refractivity contribution in [1.82, 2.24) is 5.32 Å². The van der Waals surface area contributed by atoms with Crippen LogP contribution in [0.4, 0.5) is 4.39 Å². The lowest BCUT2D eigenvalue weighted by Crippen LogP contribution is -2.40. The lowest BCUT2D eigenvalue weighted by molar-refractivity contribution is 0.0252. The number of hydrogen-bond donors (Lipinski definition) is 2. The first-order chi connectivity index (χ1) is 6.27. The molecule has 0 saturated heterocycles. The van der Waals surface area contributed by atoms with E-state index in [0.717, 1.165) is 25.7 Å². The fourth-order valence-corrected chi connectivity index (χ4v) is 1.95. The highest BCUT2D eigenvalue weighted by Crippen LogP contribution is 2.26. The first-order valence-corrected chi connectivity index (χ1v) is 5.26. The van der Waals surface area contributed by atoms with Crippen LogP contribution >= 0.6 is 0 Å². The third-order valence-electron chi connectivity index (χ3n) is 2.76. The summed E-state index contributed by atoms with van der Waals surface area (Å²) in [5.74, 6) is 0. The van der Waals surface area contributed by atoms with E-state index in [0.29, 0.717) is 13.1 Å². The highest BCUT2D eigenvalue weighted by molar-refractivity contribution is 4.82. The third-order valence-corrected chi connectivity index (χ3v) is 2.76. The maximum absolute atomic E-state index is 11.8. The molecule has 0 bridgehead atoms. The molecular formula is C10H20FNO. The van der Waals surface area contributed by atoms with Crippen molar-refractivity contribution < 1.29 is 9.50 Å². The Bertz CT molecular complexity index is 133. The topological polar surface area (TPSA) is 32.3 Å². The quantitative estimate of drug-likeness (QED) is 0.520. The summed E-state index contributed by atoms with van der Waals surface area (Å²) in [6.07, 6.45) is 6.40. The van der Waals surface area contributed by atoms with Gasteiger partial charge in [0.2, 0.25) is 0 Å². The summed E-state index contributed by atoms with van der Waals surface area (Å²) in [4.78, 5) is 0. The Labute approximate surface area is 79.5 Å². The second kappa shape index (κ2) is 5.55. The van der Waals surface area contributed by atoms with E-state index in [1.807, 2.05) is 0 Å². The minimum atomic E-state index is -0.564. The summed E-state index contributed by atoms with van der Waals surface area (Å²) >= 11 is 0. The zero-order valence-electron chi connectivity index (χ0n) is 8.19. The molecule has 3 heteroatoms. The van der Waals surface area contributed by atoms with Crippen molar-refractivity contribution in [2.45, 2.75) is 44.1 Å². The van der Waals surface area contributed by atoms with Gasteiger partial charge in [0.05, 0.1) is 5.60 Å². The molecule has 2 nitrogen and oxygen atoms in total. The van der Waals surface area contributed by atoms with Gasteiger partial charge in [-0.05, 0) is 12.8 Å². The monoisotopic (exact) mass is 189 g/mol. The van der Waals surface area contributed by atoms with Crippen molar-refractivity contribution in [3.63, 3.8) is 0 Å². The number of nitrogens with one attached hydrogen (secondary N) is 1. The average molecular weight is 189 g/mol. The molecule has 0 amide bonds. The van der Waals surface area contributed by atoms with E-state index < -0.39 is 5.60 Å². The minimum absolute atomic E-state index is 0.351. The zero-order valence-corrected chi connectivity index (χ0v) is 8.19. The van der Waals surface area contributed by atoms with E-state index in [1.165, 1.54) is 12.8 Å². The van der Waals surface area contributed by atoms with Gasteiger partial charge in [0.15, 0.2) is 0 Å². The van der Waals surface area contributed by atoms with Crippen LogP contribution in [0.15, 0.2) is 0 Å². The van der Waals surface area contributed by atoms with Crippen LogP contribution in [0.1, 0.15) is 38.5 Å². The summed E-state index contributed by atoms with van der Waals surface area (Å²) in [7, 11) is 0. The van der Waals surface area contributed by atoms with Crippen LogP contribution in [0.5, 0.6) is 0 Å². The highest BCUT2D eigenvalue weighted by atomic mass is 19.1. The second-order valence-corrected chi connectivity index (χ2v) is 4.00. The summed E-state index contributed by atoms with van der Waals surface area (Å²) < 4.78 is 11.8. The molecule has 1 aliphatic carbocycles. The Hall–Kier alpha value is -0.150. The molecule has 0 aromatic carbocycles. The fourth-order valence-electron chi connectivity index (χ4n) is 1.95. The molecule has 1 aliphatic rings. The van der Waals surface area contributed by atoms with Gasteiger partial charge in [0, 0.05) is 13.1 Å². The Kier molecular flexibility index (Phi) is 4.67. The van der Waals surface area contributed by atoms with Crippen LogP contribution < -0.4 is 5.32 Å². The molecule has 0 aromatic heterocycles. The normalized spacial score (nSPS) is 22.6. The van der Waals surface area contributed by atoms with Gasteiger partial charge in [-0.15, -0.1) is 0 Å². The maximum atomic E-state index is 11.8. The van der Waals surface area contributed by atoms with Gasteiger partial charge in [-0.25, -0.2) is 4.39 Å². The molecule has 1 fully saturated rings. The van der Waals surface area contributed by atoms with Crippen molar-refractivity contribution in [2.75, 3.05) is 19.8 Å². The average Bonchev–Trinajstić information content (AvgIpc) is 2.31. The standard InChI is InChI=1S/C10H20FNO/c11-7-8-12-9-10(13)5-3-1-2-4-6-10/h12-13H,1-9H2. The summed E-state index contributed by atoms with van der Waals surface area (Å²) in [6.45, 7) is 0.565. The SMILES string of the molecule is OC1(CNCCF)CCCCCC1. The summed E-state index contributed by atoms with van der Waals surface area (Å²) in [5, 5.41) is 13.0. The molecular weight excluding hydrogens is 169 g/mol. The Balaban J connectivity index is 2.25. The largest absolute Gasteiger partial charge is 0.389 e. The number of halogens is 1. The third kappa shape index (κ3) is 4.05. The molecule has 0 radical (unpaired) electrons.